The van der Waals surface area contributed by atoms with Gasteiger partial charge in [-0.25, -0.2) is 9.78 Å². The standard InChI is InChI=1S/C23H28N4O3/c1-7-8-15-13-24-19-17(21(29)27(6)22(30)26(19)5)18(15)25-20(28)14-9-11-16(12-10-14)23(2,3)4/h9-13H,7-8H2,1-6H3,(H,24,25,28). The van der Waals surface area contributed by atoms with E-state index in [0.717, 1.165) is 22.1 Å². The zero-order chi connectivity index (χ0) is 22.2. The molecular weight excluding hydrogens is 380 g/mol. The molecule has 3 aromatic rings. The summed E-state index contributed by atoms with van der Waals surface area (Å²) in [7, 11) is 2.99. The predicted octanol–water partition coefficient (Wildman–Crippen LogP) is 3.13. The van der Waals surface area contributed by atoms with Crippen molar-refractivity contribution in [3.63, 3.8) is 0 Å². The molecular formula is C23H28N4O3. The van der Waals surface area contributed by atoms with Gasteiger partial charge in [-0.3, -0.25) is 18.7 Å². The minimum Gasteiger partial charge on any atom is -0.321 e. The van der Waals surface area contributed by atoms with Gasteiger partial charge < -0.3 is 5.32 Å². The number of nitrogens with zero attached hydrogens (tertiary/aromatic N) is 3. The van der Waals surface area contributed by atoms with E-state index in [9.17, 15) is 14.4 Å². The Morgan fingerprint density at radius 1 is 1.07 bits per heavy atom. The maximum absolute atomic E-state index is 13.0. The summed E-state index contributed by atoms with van der Waals surface area (Å²) in [6.45, 7) is 8.35. The summed E-state index contributed by atoms with van der Waals surface area (Å²) in [5, 5.41) is 3.16. The average Bonchev–Trinajstić information content (AvgIpc) is 2.71. The molecule has 158 valence electrons. The lowest BCUT2D eigenvalue weighted by Crippen LogP contribution is -2.38. The van der Waals surface area contributed by atoms with Crippen molar-refractivity contribution in [3.05, 3.63) is 68.0 Å². The van der Waals surface area contributed by atoms with E-state index in [1.54, 1.807) is 25.4 Å². The molecule has 0 aliphatic heterocycles. The maximum atomic E-state index is 13.0. The van der Waals surface area contributed by atoms with Crippen molar-refractivity contribution in [1.82, 2.24) is 14.1 Å². The molecule has 0 atom stereocenters. The van der Waals surface area contributed by atoms with Crippen LogP contribution < -0.4 is 16.6 Å². The molecule has 0 fully saturated rings. The number of aromatic nitrogens is 3. The first-order valence-electron chi connectivity index (χ1n) is 10.1. The Balaban J connectivity index is 2.14. The van der Waals surface area contributed by atoms with Crippen molar-refractivity contribution in [1.29, 1.82) is 0 Å². The number of aryl methyl sites for hydroxylation is 2. The van der Waals surface area contributed by atoms with Crippen LogP contribution in [0.15, 0.2) is 40.1 Å². The molecule has 0 saturated carbocycles. The Morgan fingerprint density at radius 2 is 1.70 bits per heavy atom. The number of benzene rings is 1. The molecule has 0 unspecified atom stereocenters. The molecule has 3 rings (SSSR count). The summed E-state index contributed by atoms with van der Waals surface area (Å²) in [6.07, 6.45) is 3.10. The number of carbonyl (C=O) groups excluding carboxylic acids is 1. The molecule has 1 aromatic carbocycles. The maximum Gasteiger partial charge on any atom is 0.332 e. The van der Waals surface area contributed by atoms with Gasteiger partial charge in [-0.1, -0.05) is 46.2 Å². The van der Waals surface area contributed by atoms with Crippen LogP contribution in [0.3, 0.4) is 0 Å². The van der Waals surface area contributed by atoms with Crippen molar-refractivity contribution in [2.75, 3.05) is 5.32 Å². The minimum absolute atomic E-state index is 0.0123. The molecule has 7 heteroatoms. The highest BCUT2D eigenvalue weighted by Crippen LogP contribution is 2.26. The van der Waals surface area contributed by atoms with Crippen LogP contribution in [-0.4, -0.2) is 20.0 Å². The van der Waals surface area contributed by atoms with Gasteiger partial charge in [0.25, 0.3) is 11.5 Å². The summed E-state index contributed by atoms with van der Waals surface area (Å²) in [4.78, 5) is 42.5. The van der Waals surface area contributed by atoms with E-state index in [4.69, 9.17) is 0 Å². The van der Waals surface area contributed by atoms with Gasteiger partial charge in [-0.2, -0.15) is 0 Å². The second-order valence-electron chi connectivity index (χ2n) is 8.59. The van der Waals surface area contributed by atoms with Crippen LogP contribution in [0.4, 0.5) is 5.69 Å². The van der Waals surface area contributed by atoms with Crippen LogP contribution in [0.2, 0.25) is 0 Å². The molecule has 2 heterocycles. The number of hydrogen-bond donors (Lipinski definition) is 1. The van der Waals surface area contributed by atoms with Gasteiger partial charge in [-0.05, 0) is 35.1 Å². The Hall–Kier alpha value is -3.22. The number of nitrogens with one attached hydrogen (secondary N) is 1. The Bertz CT molecular complexity index is 1230. The van der Waals surface area contributed by atoms with Crippen LogP contribution in [0.25, 0.3) is 11.0 Å². The highest BCUT2D eigenvalue weighted by atomic mass is 16.2. The molecule has 7 nitrogen and oxygen atoms in total. The first-order valence-corrected chi connectivity index (χ1v) is 10.1. The third-order valence-corrected chi connectivity index (χ3v) is 5.32. The van der Waals surface area contributed by atoms with Gasteiger partial charge in [0.2, 0.25) is 0 Å². The molecule has 0 spiro atoms. The molecule has 2 aromatic heterocycles. The number of rotatable bonds is 4. The van der Waals surface area contributed by atoms with Gasteiger partial charge in [0.1, 0.15) is 5.39 Å². The predicted molar refractivity (Wildman–Crippen MR) is 119 cm³/mol. The summed E-state index contributed by atoms with van der Waals surface area (Å²) >= 11 is 0. The summed E-state index contributed by atoms with van der Waals surface area (Å²) in [5.74, 6) is -0.309. The monoisotopic (exact) mass is 408 g/mol. The molecule has 0 saturated heterocycles. The van der Waals surface area contributed by atoms with Crippen molar-refractivity contribution in [3.8, 4) is 0 Å². The molecule has 30 heavy (non-hydrogen) atoms. The fourth-order valence-electron chi connectivity index (χ4n) is 3.48. The van der Waals surface area contributed by atoms with Crippen LogP contribution in [0, 0.1) is 0 Å². The summed E-state index contributed by atoms with van der Waals surface area (Å²) in [6, 6.07) is 7.45. The molecule has 0 radical (unpaired) electrons. The van der Waals surface area contributed by atoms with Gasteiger partial charge in [0, 0.05) is 25.9 Å². The molecule has 0 bridgehead atoms. The SMILES string of the molecule is CCCc1cnc2c(c1NC(=O)c1ccc(C(C)(C)C)cc1)c(=O)n(C)c(=O)n2C. The van der Waals surface area contributed by atoms with E-state index in [2.05, 4.69) is 31.1 Å². The van der Waals surface area contributed by atoms with Gasteiger partial charge in [0.15, 0.2) is 5.65 Å². The lowest BCUT2D eigenvalue weighted by atomic mass is 9.86. The van der Waals surface area contributed by atoms with Gasteiger partial charge in [0.05, 0.1) is 5.69 Å². The second kappa shape index (κ2) is 7.89. The van der Waals surface area contributed by atoms with Crippen LogP contribution in [-0.2, 0) is 25.9 Å². The zero-order valence-electron chi connectivity index (χ0n) is 18.4. The van der Waals surface area contributed by atoms with Gasteiger partial charge >= 0.3 is 5.69 Å². The first-order chi connectivity index (χ1) is 14.1. The summed E-state index contributed by atoms with van der Waals surface area (Å²) in [5.41, 5.74) is 2.11. The van der Waals surface area contributed by atoms with E-state index >= 15 is 0 Å². The highest BCUT2D eigenvalue weighted by molar-refractivity contribution is 6.08. The van der Waals surface area contributed by atoms with Crippen molar-refractivity contribution in [2.24, 2.45) is 14.1 Å². The highest BCUT2D eigenvalue weighted by Gasteiger charge is 2.20. The lowest BCUT2D eigenvalue weighted by molar-refractivity contribution is 0.102. The molecule has 1 N–H and O–H groups in total. The van der Waals surface area contributed by atoms with Crippen LogP contribution in [0.5, 0.6) is 0 Å². The minimum atomic E-state index is -0.475. The molecule has 0 aliphatic rings. The van der Waals surface area contributed by atoms with E-state index in [0.29, 0.717) is 17.7 Å². The Kier molecular flexibility index (Phi) is 5.65. The van der Waals surface area contributed by atoms with Crippen LogP contribution >= 0.6 is 0 Å². The zero-order valence-corrected chi connectivity index (χ0v) is 18.4. The lowest BCUT2D eigenvalue weighted by Gasteiger charge is -2.19. The smallest absolute Gasteiger partial charge is 0.321 e. The van der Waals surface area contributed by atoms with E-state index in [-0.39, 0.29) is 22.4 Å². The molecule has 1 amide bonds. The number of carbonyl (C=O) groups is 1. The number of fused-ring (bicyclic) bond motifs is 1. The third-order valence-electron chi connectivity index (χ3n) is 5.32. The topological polar surface area (TPSA) is 86.0 Å². The summed E-state index contributed by atoms with van der Waals surface area (Å²) < 4.78 is 2.35. The van der Waals surface area contributed by atoms with Crippen molar-refractivity contribution < 1.29 is 4.79 Å². The second-order valence-corrected chi connectivity index (χ2v) is 8.59. The van der Waals surface area contributed by atoms with E-state index < -0.39 is 11.2 Å². The van der Waals surface area contributed by atoms with E-state index in [1.807, 2.05) is 19.1 Å². The fourth-order valence-corrected chi connectivity index (χ4v) is 3.48. The van der Waals surface area contributed by atoms with E-state index in [1.165, 1.54) is 11.6 Å². The van der Waals surface area contributed by atoms with Crippen molar-refractivity contribution in [2.45, 2.75) is 46.0 Å². The normalized spacial score (nSPS) is 11.7. The number of anilines is 1. The average molecular weight is 409 g/mol. The largest absolute Gasteiger partial charge is 0.332 e. The quantitative estimate of drug-likeness (QED) is 0.719. The molecule has 0 aliphatic carbocycles. The fraction of sp³-hybridized carbons (Fsp3) is 0.391. The van der Waals surface area contributed by atoms with Crippen molar-refractivity contribution >= 4 is 22.6 Å². The Labute approximate surface area is 175 Å². The number of hydrogen-bond acceptors (Lipinski definition) is 4. The van der Waals surface area contributed by atoms with Crippen LogP contribution in [0.1, 0.15) is 55.6 Å². The first kappa shape index (κ1) is 21.5. The number of pyridine rings is 1. The Morgan fingerprint density at radius 3 is 2.27 bits per heavy atom. The third kappa shape index (κ3) is 3.79. The number of amides is 1. The van der Waals surface area contributed by atoms with Gasteiger partial charge in [-0.15, -0.1) is 0 Å².